The van der Waals surface area contributed by atoms with Crippen molar-refractivity contribution >= 4 is 50.3 Å². The molecule has 7 nitrogen and oxygen atoms in total. The second-order valence-electron chi connectivity index (χ2n) is 5.83. The molecule has 28 heavy (non-hydrogen) atoms. The Morgan fingerprint density at radius 2 is 2.07 bits per heavy atom. The van der Waals surface area contributed by atoms with Crippen LogP contribution in [0.5, 0.6) is 5.75 Å². The van der Waals surface area contributed by atoms with Crippen LogP contribution in [0.3, 0.4) is 0 Å². The Kier molecular flexibility index (Phi) is 4.81. The minimum absolute atomic E-state index is 0.0325. The van der Waals surface area contributed by atoms with Gasteiger partial charge in [-0.2, -0.15) is 0 Å². The second-order valence-corrected chi connectivity index (χ2v) is 7.10. The number of aromatic nitrogens is 2. The summed E-state index contributed by atoms with van der Waals surface area (Å²) in [5.41, 5.74) is 2.32. The molecule has 2 aromatic heterocycles. The number of nitro groups is 1. The molecule has 4 aromatic rings. The molecule has 9 heteroatoms. The molecule has 0 unspecified atom stereocenters. The van der Waals surface area contributed by atoms with E-state index in [1.165, 1.54) is 23.7 Å². The Balaban J connectivity index is 1.80. The number of rotatable bonds is 5. The van der Waals surface area contributed by atoms with Gasteiger partial charge in [0.1, 0.15) is 22.7 Å². The predicted octanol–water partition coefficient (Wildman–Crippen LogP) is 5.67. The van der Waals surface area contributed by atoms with Crippen LogP contribution in [-0.4, -0.2) is 22.0 Å². The number of ether oxygens (including phenoxy) is 1. The van der Waals surface area contributed by atoms with Gasteiger partial charge in [-0.3, -0.25) is 10.1 Å². The standard InChI is InChI=1S/C19H13ClN4O3S/c1-27-16-6-5-12(8-15(16)20)23-18-17-14(9-28-19(17)22-10-21-18)11-3-2-4-13(7-11)24(25)26/h2-10H,1H3,(H,21,22,23). The van der Waals surface area contributed by atoms with Gasteiger partial charge in [0.15, 0.2) is 0 Å². The number of non-ortho nitro benzene ring substituents is 1. The van der Waals surface area contributed by atoms with Gasteiger partial charge in [0.05, 0.1) is 22.4 Å². The summed E-state index contributed by atoms with van der Waals surface area (Å²) in [4.78, 5) is 20.2. The summed E-state index contributed by atoms with van der Waals surface area (Å²) in [6.45, 7) is 0. The van der Waals surface area contributed by atoms with Crippen molar-refractivity contribution in [3.8, 4) is 16.9 Å². The van der Waals surface area contributed by atoms with Gasteiger partial charge >= 0.3 is 0 Å². The highest BCUT2D eigenvalue weighted by Gasteiger charge is 2.16. The second kappa shape index (κ2) is 7.41. The van der Waals surface area contributed by atoms with Crippen LogP contribution in [-0.2, 0) is 0 Å². The zero-order valence-corrected chi connectivity index (χ0v) is 16.1. The van der Waals surface area contributed by atoms with E-state index in [4.69, 9.17) is 16.3 Å². The van der Waals surface area contributed by atoms with Crippen molar-refractivity contribution in [3.05, 3.63) is 69.3 Å². The molecule has 0 saturated carbocycles. The van der Waals surface area contributed by atoms with E-state index < -0.39 is 4.92 Å². The van der Waals surface area contributed by atoms with Crippen LogP contribution >= 0.6 is 22.9 Å². The monoisotopic (exact) mass is 412 g/mol. The zero-order chi connectivity index (χ0) is 19.7. The Bertz CT molecular complexity index is 1190. The van der Waals surface area contributed by atoms with Crippen molar-refractivity contribution in [2.24, 2.45) is 0 Å². The van der Waals surface area contributed by atoms with Crippen molar-refractivity contribution in [2.75, 3.05) is 12.4 Å². The normalized spacial score (nSPS) is 10.8. The largest absolute Gasteiger partial charge is 0.495 e. The van der Waals surface area contributed by atoms with Crippen LogP contribution in [0.15, 0.2) is 54.2 Å². The Hall–Kier alpha value is -3.23. The quantitative estimate of drug-likeness (QED) is 0.335. The first-order valence-electron chi connectivity index (χ1n) is 8.14. The minimum Gasteiger partial charge on any atom is -0.495 e. The van der Waals surface area contributed by atoms with Gasteiger partial charge < -0.3 is 10.1 Å². The van der Waals surface area contributed by atoms with Crippen LogP contribution in [0.25, 0.3) is 21.3 Å². The van der Waals surface area contributed by atoms with Gasteiger partial charge in [0, 0.05) is 28.8 Å². The highest BCUT2D eigenvalue weighted by atomic mass is 35.5. The Morgan fingerprint density at radius 1 is 1.21 bits per heavy atom. The predicted molar refractivity (Wildman–Crippen MR) is 111 cm³/mol. The highest BCUT2D eigenvalue weighted by molar-refractivity contribution is 7.17. The van der Waals surface area contributed by atoms with E-state index in [0.29, 0.717) is 16.6 Å². The van der Waals surface area contributed by atoms with E-state index in [1.54, 1.807) is 31.4 Å². The number of methoxy groups -OCH3 is 1. The average molecular weight is 413 g/mol. The maximum absolute atomic E-state index is 11.1. The molecule has 0 aliphatic rings. The summed E-state index contributed by atoms with van der Waals surface area (Å²) in [6.07, 6.45) is 1.48. The lowest BCUT2D eigenvalue weighted by atomic mass is 10.1. The fourth-order valence-electron chi connectivity index (χ4n) is 2.85. The third-order valence-corrected chi connectivity index (χ3v) is 5.33. The van der Waals surface area contributed by atoms with E-state index in [0.717, 1.165) is 27.0 Å². The number of benzene rings is 2. The number of thiophene rings is 1. The molecule has 1 N–H and O–H groups in total. The molecular weight excluding hydrogens is 400 g/mol. The number of nitro benzene ring substituents is 1. The molecule has 4 rings (SSSR count). The SMILES string of the molecule is COc1ccc(Nc2ncnc3scc(-c4cccc([N+](=O)[O-])c4)c23)cc1Cl. The molecule has 0 radical (unpaired) electrons. The number of hydrogen-bond acceptors (Lipinski definition) is 7. The summed E-state index contributed by atoms with van der Waals surface area (Å²) in [6, 6.07) is 11.8. The number of halogens is 1. The van der Waals surface area contributed by atoms with E-state index in [1.807, 2.05) is 17.5 Å². The van der Waals surface area contributed by atoms with E-state index >= 15 is 0 Å². The van der Waals surface area contributed by atoms with Crippen molar-refractivity contribution in [1.29, 1.82) is 0 Å². The average Bonchev–Trinajstić information content (AvgIpc) is 3.13. The van der Waals surface area contributed by atoms with Gasteiger partial charge in [0.2, 0.25) is 0 Å². The van der Waals surface area contributed by atoms with E-state index in [-0.39, 0.29) is 5.69 Å². The topological polar surface area (TPSA) is 90.2 Å². The number of hydrogen-bond donors (Lipinski definition) is 1. The van der Waals surface area contributed by atoms with Crippen LogP contribution in [0.2, 0.25) is 5.02 Å². The fourth-order valence-corrected chi connectivity index (χ4v) is 4.02. The summed E-state index contributed by atoms with van der Waals surface area (Å²) in [5, 5.41) is 17.6. The van der Waals surface area contributed by atoms with Crippen LogP contribution < -0.4 is 10.1 Å². The summed E-state index contributed by atoms with van der Waals surface area (Å²) < 4.78 is 5.18. The van der Waals surface area contributed by atoms with Gasteiger partial charge in [-0.15, -0.1) is 11.3 Å². The van der Waals surface area contributed by atoms with Crippen molar-refractivity contribution in [3.63, 3.8) is 0 Å². The summed E-state index contributed by atoms with van der Waals surface area (Å²) >= 11 is 7.66. The maximum atomic E-state index is 11.1. The van der Waals surface area contributed by atoms with E-state index in [9.17, 15) is 10.1 Å². The maximum Gasteiger partial charge on any atom is 0.270 e. The molecule has 2 heterocycles. The molecule has 0 spiro atoms. The molecule has 2 aromatic carbocycles. The molecule has 0 aliphatic carbocycles. The lowest BCUT2D eigenvalue weighted by Gasteiger charge is -2.10. The fraction of sp³-hybridized carbons (Fsp3) is 0.0526. The van der Waals surface area contributed by atoms with Crippen molar-refractivity contribution in [1.82, 2.24) is 9.97 Å². The van der Waals surface area contributed by atoms with Crippen molar-refractivity contribution in [2.45, 2.75) is 0 Å². The molecule has 0 amide bonds. The van der Waals surface area contributed by atoms with Gasteiger partial charge in [0.25, 0.3) is 5.69 Å². The van der Waals surface area contributed by atoms with E-state index in [2.05, 4.69) is 15.3 Å². The molecule has 0 saturated heterocycles. The zero-order valence-electron chi connectivity index (χ0n) is 14.5. The number of fused-ring (bicyclic) bond motifs is 1. The first-order chi connectivity index (χ1) is 13.6. The number of anilines is 2. The molecule has 0 fully saturated rings. The third-order valence-electron chi connectivity index (χ3n) is 4.15. The smallest absolute Gasteiger partial charge is 0.270 e. The summed E-state index contributed by atoms with van der Waals surface area (Å²) in [7, 11) is 1.55. The summed E-state index contributed by atoms with van der Waals surface area (Å²) in [5.74, 6) is 1.17. The third kappa shape index (κ3) is 3.35. The van der Waals surface area contributed by atoms with Crippen LogP contribution in [0.4, 0.5) is 17.2 Å². The number of nitrogens with zero attached hydrogens (tertiary/aromatic N) is 3. The molecule has 0 atom stereocenters. The lowest BCUT2D eigenvalue weighted by molar-refractivity contribution is -0.384. The molecule has 0 aliphatic heterocycles. The Labute approximate surface area is 168 Å². The van der Waals surface area contributed by atoms with Crippen molar-refractivity contribution < 1.29 is 9.66 Å². The molecular formula is C19H13ClN4O3S. The van der Waals surface area contributed by atoms with Crippen LogP contribution in [0, 0.1) is 10.1 Å². The van der Waals surface area contributed by atoms with Gasteiger partial charge in [-0.1, -0.05) is 23.7 Å². The Morgan fingerprint density at radius 3 is 2.82 bits per heavy atom. The van der Waals surface area contributed by atoms with Crippen LogP contribution in [0.1, 0.15) is 0 Å². The lowest BCUT2D eigenvalue weighted by Crippen LogP contribution is -1.96. The first-order valence-corrected chi connectivity index (χ1v) is 9.40. The van der Waals surface area contributed by atoms with Gasteiger partial charge in [-0.25, -0.2) is 9.97 Å². The molecule has 0 bridgehead atoms. The first kappa shape index (κ1) is 18.1. The van der Waals surface area contributed by atoms with Gasteiger partial charge in [-0.05, 0) is 23.8 Å². The number of nitrogens with one attached hydrogen (secondary N) is 1. The highest BCUT2D eigenvalue weighted by Crippen LogP contribution is 2.39. The minimum atomic E-state index is -0.410. The molecule has 140 valence electrons.